The Bertz CT molecular complexity index is 749. The van der Waals surface area contributed by atoms with Crippen LogP contribution in [0, 0.1) is 0 Å². The minimum Gasteiger partial charge on any atom is -0.457 e. The van der Waals surface area contributed by atoms with Crippen molar-refractivity contribution in [3.8, 4) is 0 Å². The normalized spacial score (nSPS) is 11.5. The predicted octanol–water partition coefficient (Wildman–Crippen LogP) is 5.32. The molecule has 150 valence electrons. The van der Waals surface area contributed by atoms with Crippen LogP contribution >= 0.6 is 11.6 Å². The summed E-state index contributed by atoms with van der Waals surface area (Å²) >= 11 is 5.87. The molecule has 1 unspecified atom stereocenters. The standard InChI is InChI=1S/C22H26ClNO4/c1-3-8-20(28-21(25)18-11-13-19(23)14-12-18)16-24(22(26)27-4-2)15-17-9-6-5-7-10-17/h5-7,9-14,20H,3-4,8,15-16H2,1-2H3. The number of nitrogens with zero attached hydrogens (tertiary/aromatic N) is 1. The molecule has 2 aromatic carbocycles. The van der Waals surface area contributed by atoms with Crippen molar-refractivity contribution in [2.75, 3.05) is 13.2 Å². The maximum absolute atomic E-state index is 12.5. The molecule has 0 aliphatic rings. The molecule has 0 radical (unpaired) electrons. The monoisotopic (exact) mass is 403 g/mol. The highest BCUT2D eigenvalue weighted by atomic mass is 35.5. The molecule has 1 amide bonds. The minimum absolute atomic E-state index is 0.265. The summed E-state index contributed by atoms with van der Waals surface area (Å²) in [7, 11) is 0. The number of amides is 1. The summed E-state index contributed by atoms with van der Waals surface area (Å²) in [6.45, 7) is 4.71. The van der Waals surface area contributed by atoms with Crippen molar-refractivity contribution in [3.05, 3.63) is 70.7 Å². The second-order valence-electron chi connectivity index (χ2n) is 6.39. The SMILES string of the molecule is CCCC(CN(Cc1ccccc1)C(=O)OCC)OC(=O)c1ccc(Cl)cc1. The Balaban J connectivity index is 2.10. The number of carbonyl (C=O) groups is 2. The van der Waals surface area contributed by atoms with Crippen LogP contribution in [0.15, 0.2) is 54.6 Å². The Labute approximate surface area is 171 Å². The van der Waals surface area contributed by atoms with Gasteiger partial charge in [-0.25, -0.2) is 9.59 Å². The van der Waals surface area contributed by atoms with Crippen molar-refractivity contribution in [1.29, 1.82) is 0 Å². The van der Waals surface area contributed by atoms with Gasteiger partial charge in [0.05, 0.1) is 18.7 Å². The van der Waals surface area contributed by atoms with E-state index in [-0.39, 0.29) is 13.2 Å². The summed E-state index contributed by atoms with van der Waals surface area (Å²) in [6.07, 6.45) is 0.612. The molecule has 2 rings (SSSR count). The number of esters is 1. The first-order chi connectivity index (χ1) is 13.5. The Morgan fingerprint density at radius 1 is 1.04 bits per heavy atom. The van der Waals surface area contributed by atoms with E-state index < -0.39 is 18.2 Å². The van der Waals surface area contributed by atoms with Crippen LogP contribution in [0.1, 0.15) is 42.6 Å². The van der Waals surface area contributed by atoms with Crippen LogP contribution in [0.2, 0.25) is 5.02 Å². The fourth-order valence-corrected chi connectivity index (χ4v) is 2.91. The molecule has 0 fully saturated rings. The van der Waals surface area contributed by atoms with Gasteiger partial charge < -0.3 is 14.4 Å². The van der Waals surface area contributed by atoms with Gasteiger partial charge in [0.25, 0.3) is 0 Å². The summed E-state index contributed by atoms with van der Waals surface area (Å²) in [5.74, 6) is -0.432. The summed E-state index contributed by atoms with van der Waals surface area (Å²) in [5, 5.41) is 0.554. The lowest BCUT2D eigenvalue weighted by Crippen LogP contribution is -2.39. The van der Waals surface area contributed by atoms with E-state index in [0.29, 0.717) is 23.6 Å². The van der Waals surface area contributed by atoms with Crippen molar-refractivity contribution in [1.82, 2.24) is 4.90 Å². The molecule has 0 aromatic heterocycles. The molecule has 6 heteroatoms. The summed E-state index contributed by atoms with van der Waals surface area (Å²) in [5.41, 5.74) is 1.41. The molecule has 0 heterocycles. The van der Waals surface area contributed by atoms with Gasteiger partial charge in [0.15, 0.2) is 0 Å². The van der Waals surface area contributed by atoms with Crippen LogP contribution in [0.4, 0.5) is 4.79 Å². The van der Waals surface area contributed by atoms with Gasteiger partial charge in [0.1, 0.15) is 6.10 Å². The van der Waals surface area contributed by atoms with Crippen LogP contribution in [0.5, 0.6) is 0 Å². The first kappa shape index (κ1) is 21.8. The van der Waals surface area contributed by atoms with E-state index in [2.05, 4.69) is 0 Å². The third-order valence-corrected chi connectivity index (χ3v) is 4.38. The lowest BCUT2D eigenvalue weighted by molar-refractivity contribution is 0.0151. The minimum atomic E-state index is -0.432. The number of halogens is 1. The quantitative estimate of drug-likeness (QED) is 0.531. The van der Waals surface area contributed by atoms with E-state index in [1.165, 1.54) is 0 Å². The Hall–Kier alpha value is -2.53. The van der Waals surface area contributed by atoms with Gasteiger partial charge in [0, 0.05) is 11.6 Å². The molecule has 0 aliphatic heterocycles. The number of ether oxygens (including phenoxy) is 2. The van der Waals surface area contributed by atoms with Crippen molar-refractivity contribution < 1.29 is 19.1 Å². The second-order valence-corrected chi connectivity index (χ2v) is 6.82. The second kappa shape index (κ2) is 11.3. The molecule has 1 atom stereocenters. The van der Waals surface area contributed by atoms with E-state index in [9.17, 15) is 9.59 Å². The van der Waals surface area contributed by atoms with Gasteiger partial charge in [-0.15, -0.1) is 0 Å². The molecule has 5 nitrogen and oxygen atoms in total. The van der Waals surface area contributed by atoms with Crippen LogP contribution in [-0.4, -0.2) is 36.2 Å². The van der Waals surface area contributed by atoms with Crippen LogP contribution in [-0.2, 0) is 16.0 Å². The van der Waals surface area contributed by atoms with Gasteiger partial charge in [-0.3, -0.25) is 0 Å². The fourth-order valence-electron chi connectivity index (χ4n) is 2.78. The van der Waals surface area contributed by atoms with Crippen LogP contribution in [0.3, 0.4) is 0 Å². The number of carbonyl (C=O) groups excluding carboxylic acids is 2. The van der Waals surface area contributed by atoms with Gasteiger partial charge >= 0.3 is 12.1 Å². The van der Waals surface area contributed by atoms with E-state index >= 15 is 0 Å². The van der Waals surface area contributed by atoms with E-state index in [0.717, 1.165) is 12.0 Å². The molecule has 0 aliphatic carbocycles. The zero-order valence-electron chi connectivity index (χ0n) is 16.3. The fraction of sp³-hybridized carbons (Fsp3) is 0.364. The Morgan fingerprint density at radius 3 is 2.32 bits per heavy atom. The van der Waals surface area contributed by atoms with Crippen molar-refractivity contribution in [2.45, 2.75) is 39.3 Å². The van der Waals surface area contributed by atoms with Gasteiger partial charge in [-0.1, -0.05) is 55.3 Å². The molecule has 0 N–H and O–H groups in total. The predicted molar refractivity (Wildman–Crippen MR) is 109 cm³/mol. The third kappa shape index (κ3) is 6.89. The molecular weight excluding hydrogens is 378 g/mol. The summed E-state index contributed by atoms with van der Waals surface area (Å²) < 4.78 is 10.9. The van der Waals surface area contributed by atoms with Crippen LogP contribution < -0.4 is 0 Å². The Kier molecular flexibility index (Phi) is 8.82. The molecule has 2 aromatic rings. The molecule has 0 spiro atoms. The number of benzene rings is 2. The molecule has 0 saturated heterocycles. The first-order valence-corrected chi connectivity index (χ1v) is 9.83. The van der Waals surface area contributed by atoms with Crippen molar-refractivity contribution in [3.63, 3.8) is 0 Å². The first-order valence-electron chi connectivity index (χ1n) is 9.45. The zero-order valence-corrected chi connectivity index (χ0v) is 17.0. The topological polar surface area (TPSA) is 55.8 Å². The maximum atomic E-state index is 12.5. The number of hydrogen-bond donors (Lipinski definition) is 0. The van der Waals surface area contributed by atoms with Crippen molar-refractivity contribution in [2.24, 2.45) is 0 Å². The largest absolute Gasteiger partial charge is 0.457 e. The molecule has 28 heavy (non-hydrogen) atoms. The highest BCUT2D eigenvalue weighted by molar-refractivity contribution is 6.30. The summed E-state index contributed by atoms with van der Waals surface area (Å²) in [4.78, 5) is 26.5. The average Bonchev–Trinajstić information content (AvgIpc) is 2.69. The third-order valence-electron chi connectivity index (χ3n) is 4.13. The summed E-state index contributed by atoms with van der Waals surface area (Å²) in [6, 6.07) is 16.2. The smallest absolute Gasteiger partial charge is 0.410 e. The van der Waals surface area contributed by atoms with E-state index in [1.54, 1.807) is 36.1 Å². The number of rotatable bonds is 9. The molecule has 0 saturated carbocycles. The highest BCUT2D eigenvalue weighted by Crippen LogP contribution is 2.15. The van der Waals surface area contributed by atoms with E-state index in [4.69, 9.17) is 21.1 Å². The lowest BCUT2D eigenvalue weighted by Gasteiger charge is -2.27. The number of hydrogen-bond acceptors (Lipinski definition) is 4. The van der Waals surface area contributed by atoms with E-state index in [1.807, 2.05) is 37.3 Å². The Morgan fingerprint density at radius 2 is 1.71 bits per heavy atom. The van der Waals surface area contributed by atoms with Gasteiger partial charge in [-0.05, 0) is 43.2 Å². The van der Waals surface area contributed by atoms with Crippen LogP contribution in [0.25, 0.3) is 0 Å². The maximum Gasteiger partial charge on any atom is 0.410 e. The molecular formula is C22H26ClNO4. The van der Waals surface area contributed by atoms with Crippen molar-refractivity contribution >= 4 is 23.7 Å². The van der Waals surface area contributed by atoms with Gasteiger partial charge in [0.2, 0.25) is 0 Å². The average molecular weight is 404 g/mol. The zero-order chi connectivity index (χ0) is 20.4. The van der Waals surface area contributed by atoms with Gasteiger partial charge in [-0.2, -0.15) is 0 Å². The molecule has 0 bridgehead atoms. The lowest BCUT2D eigenvalue weighted by atomic mass is 10.1. The highest BCUT2D eigenvalue weighted by Gasteiger charge is 2.23.